The SMILES string of the molecule is COc1ccc(C2CCC(=O)N2C)cc1. The molecule has 0 saturated carbocycles. The molecule has 0 aromatic heterocycles. The quantitative estimate of drug-likeness (QED) is 0.739. The Kier molecular flexibility index (Phi) is 2.62. The Balaban J connectivity index is 2.19. The minimum absolute atomic E-state index is 0.232. The van der Waals surface area contributed by atoms with E-state index in [9.17, 15) is 4.79 Å². The molecule has 1 atom stereocenters. The summed E-state index contributed by atoms with van der Waals surface area (Å²) in [5.41, 5.74) is 1.18. The molecule has 1 fully saturated rings. The molecule has 1 unspecified atom stereocenters. The highest BCUT2D eigenvalue weighted by Crippen LogP contribution is 2.31. The number of rotatable bonds is 2. The molecule has 1 amide bonds. The first-order valence-electron chi connectivity index (χ1n) is 5.12. The van der Waals surface area contributed by atoms with E-state index in [-0.39, 0.29) is 11.9 Å². The molecule has 15 heavy (non-hydrogen) atoms. The number of amides is 1. The van der Waals surface area contributed by atoms with Gasteiger partial charge in [0, 0.05) is 13.5 Å². The van der Waals surface area contributed by atoms with E-state index in [4.69, 9.17) is 4.74 Å². The molecule has 1 aliphatic rings. The highest BCUT2D eigenvalue weighted by atomic mass is 16.5. The molecule has 0 bridgehead atoms. The number of methoxy groups -OCH3 is 1. The average Bonchev–Trinajstić information content (AvgIpc) is 2.60. The van der Waals surface area contributed by atoms with Crippen molar-refractivity contribution in [2.75, 3.05) is 14.2 Å². The van der Waals surface area contributed by atoms with Gasteiger partial charge in [0.2, 0.25) is 5.91 Å². The van der Waals surface area contributed by atoms with Crippen LogP contribution in [0.3, 0.4) is 0 Å². The van der Waals surface area contributed by atoms with Gasteiger partial charge in [-0.15, -0.1) is 0 Å². The lowest BCUT2D eigenvalue weighted by atomic mass is 10.0. The van der Waals surface area contributed by atoms with Crippen LogP contribution in [0, 0.1) is 0 Å². The number of benzene rings is 1. The Morgan fingerprint density at radius 3 is 2.47 bits per heavy atom. The van der Waals surface area contributed by atoms with Gasteiger partial charge in [0.25, 0.3) is 0 Å². The summed E-state index contributed by atoms with van der Waals surface area (Å²) >= 11 is 0. The van der Waals surface area contributed by atoms with Crippen molar-refractivity contribution in [1.82, 2.24) is 4.90 Å². The summed E-state index contributed by atoms with van der Waals surface area (Å²) < 4.78 is 5.10. The minimum atomic E-state index is 0.232. The third-order valence-electron chi connectivity index (χ3n) is 2.99. The van der Waals surface area contributed by atoms with Crippen molar-refractivity contribution < 1.29 is 9.53 Å². The van der Waals surface area contributed by atoms with Crippen molar-refractivity contribution >= 4 is 5.91 Å². The number of hydrogen-bond donors (Lipinski definition) is 0. The van der Waals surface area contributed by atoms with E-state index in [2.05, 4.69) is 0 Å². The van der Waals surface area contributed by atoms with Crippen LogP contribution in [0.4, 0.5) is 0 Å². The van der Waals surface area contributed by atoms with Gasteiger partial charge >= 0.3 is 0 Å². The summed E-state index contributed by atoms with van der Waals surface area (Å²) in [7, 11) is 3.52. The summed E-state index contributed by atoms with van der Waals surface area (Å²) in [4.78, 5) is 13.2. The van der Waals surface area contributed by atoms with Crippen LogP contribution >= 0.6 is 0 Å². The van der Waals surface area contributed by atoms with Crippen molar-refractivity contribution in [3.63, 3.8) is 0 Å². The molecule has 3 nitrogen and oxygen atoms in total. The number of nitrogens with zero attached hydrogens (tertiary/aromatic N) is 1. The lowest BCUT2D eigenvalue weighted by Crippen LogP contribution is -2.22. The number of carbonyl (C=O) groups is 1. The lowest BCUT2D eigenvalue weighted by Gasteiger charge is -2.20. The van der Waals surface area contributed by atoms with Gasteiger partial charge in [-0.25, -0.2) is 0 Å². The second-order valence-electron chi connectivity index (χ2n) is 3.83. The van der Waals surface area contributed by atoms with Crippen molar-refractivity contribution in [3.05, 3.63) is 29.8 Å². The molecular weight excluding hydrogens is 190 g/mol. The van der Waals surface area contributed by atoms with Gasteiger partial charge in [-0.1, -0.05) is 12.1 Å². The van der Waals surface area contributed by atoms with Gasteiger partial charge in [-0.3, -0.25) is 4.79 Å². The van der Waals surface area contributed by atoms with Crippen LogP contribution in [0.2, 0.25) is 0 Å². The van der Waals surface area contributed by atoms with E-state index in [0.29, 0.717) is 6.42 Å². The monoisotopic (exact) mass is 205 g/mol. The molecular formula is C12H15NO2. The summed E-state index contributed by atoms with van der Waals surface area (Å²) in [6.07, 6.45) is 1.58. The summed E-state index contributed by atoms with van der Waals surface area (Å²) in [6, 6.07) is 8.16. The molecule has 2 rings (SSSR count). The van der Waals surface area contributed by atoms with Crippen LogP contribution < -0.4 is 4.74 Å². The summed E-state index contributed by atoms with van der Waals surface area (Å²) in [5.74, 6) is 1.08. The largest absolute Gasteiger partial charge is 0.497 e. The zero-order chi connectivity index (χ0) is 10.8. The summed E-state index contributed by atoms with van der Waals surface area (Å²) in [5, 5.41) is 0. The molecule has 0 aliphatic carbocycles. The fraction of sp³-hybridized carbons (Fsp3) is 0.417. The highest BCUT2D eigenvalue weighted by molar-refractivity contribution is 5.78. The lowest BCUT2D eigenvalue weighted by molar-refractivity contribution is -0.127. The zero-order valence-electron chi connectivity index (χ0n) is 9.06. The molecule has 1 aromatic rings. The van der Waals surface area contributed by atoms with E-state index in [0.717, 1.165) is 12.2 Å². The smallest absolute Gasteiger partial charge is 0.222 e. The Bertz CT molecular complexity index is 358. The molecule has 1 aliphatic heterocycles. The molecule has 80 valence electrons. The molecule has 3 heteroatoms. The topological polar surface area (TPSA) is 29.5 Å². The summed E-state index contributed by atoms with van der Waals surface area (Å²) in [6.45, 7) is 0. The van der Waals surface area contributed by atoms with Gasteiger partial charge in [-0.05, 0) is 24.1 Å². The maximum atomic E-state index is 11.4. The fourth-order valence-corrected chi connectivity index (χ4v) is 2.02. The van der Waals surface area contributed by atoms with E-state index >= 15 is 0 Å². The van der Waals surface area contributed by atoms with Crippen LogP contribution in [0.1, 0.15) is 24.4 Å². The van der Waals surface area contributed by atoms with E-state index in [1.165, 1.54) is 5.56 Å². The Hall–Kier alpha value is -1.51. The van der Waals surface area contributed by atoms with Crippen molar-refractivity contribution in [2.45, 2.75) is 18.9 Å². The van der Waals surface area contributed by atoms with Crippen LogP contribution in [-0.4, -0.2) is 25.0 Å². The first-order chi connectivity index (χ1) is 7.22. The second-order valence-corrected chi connectivity index (χ2v) is 3.83. The number of ether oxygens (including phenoxy) is 1. The molecule has 0 radical (unpaired) electrons. The second kappa shape index (κ2) is 3.93. The maximum Gasteiger partial charge on any atom is 0.222 e. The maximum absolute atomic E-state index is 11.4. The van der Waals surface area contributed by atoms with Crippen molar-refractivity contribution in [3.8, 4) is 5.75 Å². The highest BCUT2D eigenvalue weighted by Gasteiger charge is 2.28. The van der Waals surface area contributed by atoms with Gasteiger partial charge in [-0.2, -0.15) is 0 Å². The molecule has 1 aromatic carbocycles. The van der Waals surface area contributed by atoms with Gasteiger partial charge in [0.15, 0.2) is 0 Å². The molecule has 1 heterocycles. The van der Waals surface area contributed by atoms with Gasteiger partial charge < -0.3 is 9.64 Å². The average molecular weight is 205 g/mol. The van der Waals surface area contributed by atoms with Gasteiger partial charge in [0.1, 0.15) is 5.75 Å². The normalized spacial score (nSPS) is 20.8. The third kappa shape index (κ3) is 1.82. The number of carbonyl (C=O) groups excluding carboxylic acids is 1. The third-order valence-corrected chi connectivity index (χ3v) is 2.99. The van der Waals surface area contributed by atoms with Crippen LogP contribution in [0.15, 0.2) is 24.3 Å². The van der Waals surface area contributed by atoms with Gasteiger partial charge in [0.05, 0.1) is 13.2 Å². The van der Waals surface area contributed by atoms with Crippen LogP contribution in [-0.2, 0) is 4.79 Å². The van der Waals surface area contributed by atoms with E-state index < -0.39 is 0 Å². The van der Waals surface area contributed by atoms with Crippen LogP contribution in [0.25, 0.3) is 0 Å². The number of likely N-dealkylation sites (tertiary alicyclic amines) is 1. The predicted octanol–water partition coefficient (Wildman–Crippen LogP) is 1.99. The Morgan fingerprint density at radius 1 is 1.33 bits per heavy atom. The number of hydrogen-bond acceptors (Lipinski definition) is 2. The van der Waals surface area contributed by atoms with E-state index in [1.54, 1.807) is 7.11 Å². The molecule has 0 N–H and O–H groups in total. The van der Waals surface area contributed by atoms with Crippen LogP contribution in [0.5, 0.6) is 5.75 Å². The predicted molar refractivity (Wildman–Crippen MR) is 57.7 cm³/mol. The van der Waals surface area contributed by atoms with Crippen molar-refractivity contribution in [2.24, 2.45) is 0 Å². The minimum Gasteiger partial charge on any atom is -0.497 e. The Labute approximate surface area is 89.7 Å². The van der Waals surface area contributed by atoms with E-state index in [1.807, 2.05) is 36.2 Å². The molecule has 1 saturated heterocycles. The Morgan fingerprint density at radius 2 is 2.00 bits per heavy atom. The molecule has 0 spiro atoms. The first-order valence-corrected chi connectivity index (χ1v) is 5.12. The zero-order valence-corrected chi connectivity index (χ0v) is 9.06. The fourth-order valence-electron chi connectivity index (χ4n) is 2.02. The first kappa shape index (κ1) is 10.0. The van der Waals surface area contributed by atoms with Crippen molar-refractivity contribution in [1.29, 1.82) is 0 Å². The standard InChI is InChI=1S/C12H15NO2/c1-13-11(7-8-12(13)14)9-3-5-10(15-2)6-4-9/h3-6,11H,7-8H2,1-2H3.